The number of para-hydroxylation sites is 2. The fraction of sp³-hybridized carbons (Fsp3) is 0.571. The minimum absolute atomic E-state index is 0.480. The lowest BCUT2D eigenvalue weighted by atomic mass is 10.0. The maximum absolute atomic E-state index is 6.06. The van der Waals surface area contributed by atoms with Gasteiger partial charge in [-0.3, -0.25) is 0 Å². The summed E-state index contributed by atoms with van der Waals surface area (Å²) in [5.74, 6) is 0. The van der Waals surface area contributed by atoms with Crippen molar-refractivity contribution in [3.8, 4) is 0 Å². The summed E-state index contributed by atoms with van der Waals surface area (Å²) in [5, 5.41) is 0. The second-order valence-electron chi connectivity index (χ2n) is 4.56. The fourth-order valence-electron chi connectivity index (χ4n) is 2.49. The molecule has 1 aromatic rings. The topological polar surface area (TPSA) is 38.5 Å². The SMILES string of the molecule is CCOC[C@@H]1CCCCN1c1ccccc1N. The minimum atomic E-state index is 0.480. The first-order chi connectivity index (χ1) is 8.33. The zero-order valence-electron chi connectivity index (χ0n) is 10.6. The molecule has 1 aliphatic heterocycles. The standard InChI is InChI=1S/C14H22N2O/c1-2-17-11-12-7-5-6-10-16(12)14-9-4-3-8-13(14)15/h3-4,8-9,12H,2,5-7,10-11,15H2,1H3/t12-/m0/s1. The van der Waals surface area contributed by atoms with E-state index < -0.39 is 0 Å². The Hall–Kier alpha value is -1.22. The molecule has 94 valence electrons. The van der Waals surface area contributed by atoms with Crippen molar-refractivity contribution in [1.82, 2.24) is 0 Å². The van der Waals surface area contributed by atoms with Gasteiger partial charge in [-0.2, -0.15) is 0 Å². The predicted octanol–water partition coefficient (Wildman–Crippen LogP) is 2.66. The van der Waals surface area contributed by atoms with Crippen molar-refractivity contribution >= 4 is 11.4 Å². The smallest absolute Gasteiger partial charge is 0.0669 e. The fourth-order valence-corrected chi connectivity index (χ4v) is 2.49. The van der Waals surface area contributed by atoms with Crippen LogP contribution in [0.25, 0.3) is 0 Å². The van der Waals surface area contributed by atoms with E-state index in [1.807, 2.05) is 19.1 Å². The molecule has 17 heavy (non-hydrogen) atoms. The lowest BCUT2D eigenvalue weighted by Gasteiger charge is -2.38. The van der Waals surface area contributed by atoms with Crippen LogP contribution in [-0.2, 0) is 4.74 Å². The van der Waals surface area contributed by atoms with E-state index in [0.29, 0.717) is 6.04 Å². The van der Waals surface area contributed by atoms with Gasteiger partial charge in [0.2, 0.25) is 0 Å². The maximum Gasteiger partial charge on any atom is 0.0669 e. The molecule has 1 aromatic carbocycles. The van der Waals surface area contributed by atoms with Crippen LogP contribution in [0.15, 0.2) is 24.3 Å². The third kappa shape index (κ3) is 2.91. The lowest BCUT2D eigenvalue weighted by Crippen LogP contribution is -2.42. The van der Waals surface area contributed by atoms with Crippen molar-refractivity contribution in [3.63, 3.8) is 0 Å². The average molecular weight is 234 g/mol. The molecule has 1 fully saturated rings. The summed E-state index contributed by atoms with van der Waals surface area (Å²) in [5.41, 5.74) is 8.09. The number of piperidine rings is 1. The Bertz CT molecular complexity index is 354. The van der Waals surface area contributed by atoms with Crippen molar-refractivity contribution in [2.24, 2.45) is 0 Å². The Balaban J connectivity index is 2.13. The van der Waals surface area contributed by atoms with Crippen LogP contribution in [-0.4, -0.2) is 25.8 Å². The summed E-state index contributed by atoms with van der Waals surface area (Å²) in [6, 6.07) is 8.60. The second kappa shape index (κ2) is 5.92. The van der Waals surface area contributed by atoms with Gasteiger partial charge < -0.3 is 15.4 Å². The number of ether oxygens (including phenoxy) is 1. The summed E-state index contributed by atoms with van der Waals surface area (Å²) in [6.07, 6.45) is 3.74. The largest absolute Gasteiger partial charge is 0.397 e. The third-order valence-electron chi connectivity index (χ3n) is 3.39. The van der Waals surface area contributed by atoms with Gasteiger partial charge in [0.25, 0.3) is 0 Å². The summed E-state index contributed by atoms with van der Waals surface area (Å²) in [6.45, 7) is 4.73. The van der Waals surface area contributed by atoms with E-state index in [-0.39, 0.29) is 0 Å². The third-order valence-corrected chi connectivity index (χ3v) is 3.39. The van der Waals surface area contributed by atoms with Gasteiger partial charge in [-0.15, -0.1) is 0 Å². The zero-order valence-corrected chi connectivity index (χ0v) is 10.6. The molecule has 3 nitrogen and oxygen atoms in total. The van der Waals surface area contributed by atoms with E-state index in [9.17, 15) is 0 Å². The van der Waals surface area contributed by atoms with Crippen molar-refractivity contribution < 1.29 is 4.74 Å². The zero-order chi connectivity index (χ0) is 12.1. The van der Waals surface area contributed by atoms with Crippen LogP contribution in [0, 0.1) is 0 Å². The van der Waals surface area contributed by atoms with Crippen LogP contribution in [0.4, 0.5) is 11.4 Å². The number of nitrogens with zero attached hydrogens (tertiary/aromatic N) is 1. The summed E-state index contributed by atoms with van der Waals surface area (Å²) in [7, 11) is 0. The Morgan fingerprint density at radius 2 is 2.18 bits per heavy atom. The van der Waals surface area contributed by atoms with Crippen LogP contribution in [0.5, 0.6) is 0 Å². The number of hydrogen-bond donors (Lipinski definition) is 1. The van der Waals surface area contributed by atoms with Crippen LogP contribution >= 0.6 is 0 Å². The van der Waals surface area contributed by atoms with E-state index in [1.165, 1.54) is 19.3 Å². The molecule has 3 heteroatoms. The van der Waals surface area contributed by atoms with E-state index >= 15 is 0 Å². The quantitative estimate of drug-likeness (QED) is 0.814. The van der Waals surface area contributed by atoms with Crippen LogP contribution < -0.4 is 10.6 Å². The Morgan fingerprint density at radius 3 is 2.94 bits per heavy atom. The molecule has 2 N–H and O–H groups in total. The highest BCUT2D eigenvalue weighted by molar-refractivity contribution is 5.67. The molecule has 0 unspecified atom stereocenters. The van der Waals surface area contributed by atoms with Crippen molar-refractivity contribution in [3.05, 3.63) is 24.3 Å². The van der Waals surface area contributed by atoms with Crippen molar-refractivity contribution in [2.45, 2.75) is 32.2 Å². The lowest BCUT2D eigenvalue weighted by molar-refractivity contribution is 0.123. The first-order valence-corrected chi connectivity index (χ1v) is 6.52. The molecule has 0 radical (unpaired) electrons. The highest BCUT2D eigenvalue weighted by atomic mass is 16.5. The molecule has 0 amide bonds. The molecule has 1 aliphatic rings. The molecule has 1 saturated heterocycles. The minimum Gasteiger partial charge on any atom is -0.397 e. The Labute approximate surface area is 104 Å². The van der Waals surface area contributed by atoms with Gasteiger partial charge in [0.05, 0.1) is 24.0 Å². The van der Waals surface area contributed by atoms with Gasteiger partial charge in [0.15, 0.2) is 0 Å². The molecule has 0 bridgehead atoms. The average Bonchev–Trinajstić information content (AvgIpc) is 2.37. The number of nitrogen functional groups attached to an aromatic ring is 1. The monoisotopic (exact) mass is 234 g/mol. The van der Waals surface area contributed by atoms with E-state index in [1.54, 1.807) is 0 Å². The first-order valence-electron chi connectivity index (χ1n) is 6.52. The van der Waals surface area contributed by atoms with Gasteiger partial charge in [0, 0.05) is 13.2 Å². The highest BCUT2D eigenvalue weighted by Crippen LogP contribution is 2.29. The molecular formula is C14H22N2O. The van der Waals surface area contributed by atoms with E-state index in [2.05, 4.69) is 17.0 Å². The number of anilines is 2. The van der Waals surface area contributed by atoms with Gasteiger partial charge >= 0.3 is 0 Å². The van der Waals surface area contributed by atoms with Crippen molar-refractivity contribution in [1.29, 1.82) is 0 Å². The van der Waals surface area contributed by atoms with E-state index in [4.69, 9.17) is 10.5 Å². The summed E-state index contributed by atoms with van der Waals surface area (Å²) < 4.78 is 5.58. The van der Waals surface area contributed by atoms with E-state index in [0.717, 1.165) is 31.1 Å². The summed E-state index contributed by atoms with van der Waals surface area (Å²) >= 11 is 0. The van der Waals surface area contributed by atoms with Gasteiger partial charge in [-0.05, 0) is 38.3 Å². The molecule has 0 aromatic heterocycles. The molecule has 0 aliphatic carbocycles. The predicted molar refractivity (Wildman–Crippen MR) is 72.3 cm³/mol. The number of nitrogens with two attached hydrogens (primary N) is 1. The molecule has 0 spiro atoms. The molecular weight excluding hydrogens is 212 g/mol. The van der Waals surface area contributed by atoms with Crippen LogP contribution in [0.1, 0.15) is 26.2 Å². The molecule has 0 saturated carbocycles. The van der Waals surface area contributed by atoms with Gasteiger partial charge in [0.1, 0.15) is 0 Å². The molecule has 1 atom stereocenters. The molecule has 1 heterocycles. The van der Waals surface area contributed by atoms with Crippen molar-refractivity contribution in [2.75, 3.05) is 30.4 Å². The Kier molecular flexibility index (Phi) is 4.26. The molecule has 2 rings (SSSR count). The maximum atomic E-state index is 6.06. The van der Waals surface area contributed by atoms with Gasteiger partial charge in [-0.25, -0.2) is 0 Å². The number of benzene rings is 1. The number of hydrogen-bond acceptors (Lipinski definition) is 3. The summed E-state index contributed by atoms with van der Waals surface area (Å²) in [4.78, 5) is 2.41. The Morgan fingerprint density at radius 1 is 1.35 bits per heavy atom. The van der Waals surface area contributed by atoms with Crippen LogP contribution in [0.2, 0.25) is 0 Å². The van der Waals surface area contributed by atoms with Gasteiger partial charge in [-0.1, -0.05) is 12.1 Å². The normalized spacial score (nSPS) is 20.5. The second-order valence-corrected chi connectivity index (χ2v) is 4.56. The highest BCUT2D eigenvalue weighted by Gasteiger charge is 2.23. The number of rotatable bonds is 4. The first kappa shape index (κ1) is 12.2. The van der Waals surface area contributed by atoms with Crippen LogP contribution in [0.3, 0.4) is 0 Å².